The monoisotopic (exact) mass is 638 g/mol. The van der Waals surface area contributed by atoms with E-state index in [1.54, 1.807) is 33.4 Å². The molecule has 0 aromatic carbocycles. The normalized spacial score (nSPS) is 20.2. The van der Waals surface area contributed by atoms with Crippen LogP contribution in [0.5, 0.6) is 5.75 Å². The summed E-state index contributed by atoms with van der Waals surface area (Å²) in [6, 6.07) is 6.13. The molecular formula is C33H38N10O4. The molecule has 5 aromatic heterocycles. The molecule has 14 heteroatoms. The van der Waals surface area contributed by atoms with Gasteiger partial charge in [-0.05, 0) is 39.3 Å². The number of aryl methyl sites for hydroxylation is 2. The molecule has 5 aromatic rings. The largest absolute Gasteiger partial charge is 0.496 e. The number of morpholine rings is 1. The molecule has 2 atom stereocenters. The molecule has 0 radical (unpaired) electrons. The summed E-state index contributed by atoms with van der Waals surface area (Å²) in [4.78, 5) is 38.2. The number of fused-ring (bicyclic) bond motifs is 4. The van der Waals surface area contributed by atoms with Gasteiger partial charge < -0.3 is 28.9 Å². The summed E-state index contributed by atoms with van der Waals surface area (Å²) >= 11 is 0. The molecule has 14 nitrogen and oxygen atoms in total. The predicted molar refractivity (Wildman–Crippen MR) is 176 cm³/mol. The van der Waals surface area contributed by atoms with E-state index in [9.17, 15) is 9.90 Å². The topological polar surface area (TPSA) is 140 Å². The molecule has 0 saturated carbocycles. The number of pyridine rings is 3. The van der Waals surface area contributed by atoms with Gasteiger partial charge in [0, 0.05) is 69.3 Å². The highest BCUT2D eigenvalue weighted by atomic mass is 16.5. The molecule has 0 amide bonds. The number of hydrogen-bond donors (Lipinski definition) is 1. The summed E-state index contributed by atoms with van der Waals surface area (Å²) in [5.41, 5.74) is 4.12. The van der Waals surface area contributed by atoms with E-state index in [1.807, 2.05) is 41.9 Å². The van der Waals surface area contributed by atoms with Crippen molar-refractivity contribution in [3.63, 3.8) is 0 Å². The first-order valence-electron chi connectivity index (χ1n) is 16.0. The van der Waals surface area contributed by atoms with E-state index in [1.165, 1.54) is 0 Å². The van der Waals surface area contributed by atoms with Crippen molar-refractivity contribution in [2.75, 3.05) is 56.2 Å². The van der Waals surface area contributed by atoms with E-state index in [0.717, 1.165) is 63.6 Å². The van der Waals surface area contributed by atoms with Gasteiger partial charge in [0.2, 0.25) is 5.95 Å². The number of methoxy groups -OCH3 is 1. The van der Waals surface area contributed by atoms with Crippen molar-refractivity contribution in [3.8, 4) is 22.8 Å². The Balaban J connectivity index is 1.24. The minimum atomic E-state index is -0.927. The fourth-order valence-corrected chi connectivity index (χ4v) is 7.25. The van der Waals surface area contributed by atoms with Gasteiger partial charge in [0.1, 0.15) is 16.8 Å². The third-order valence-corrected chi connectivity index (χ3v) is 10.1. The molecule has 47 heavy (non-hydrogen) atoms. The van der Waals surface area contributed by atoms with Crippen LogP contribution in [0.25, 0.3) is 39.0 Å². The number of ether oxygens (including phenoxy) is 2. The van der Waals surface area contributed by atoms with Crippen molar-refractivity contribution in [1.29, 1.82) is 0 Å². The van der Waals surface area contributed by atoms with Gasteiger partial charge in [-0.2, -0.15) is 5.10 Å². The lowest BCUT2D eigenvalue weighted by atomic mass is 10.0. The second kappa shape index (κ2) is 10.9. The van der Waals surface area contributed by atoms with Gasteiger partial charge in [0.25, 0.3) is 0 Å². The van der Waals surface area contributed by atoms with E-state index in [0.29, 0.717) is 44.4 Å². The molecule has 8 heterocycles. The Kier molecular flexibility index (Phi) is 6.84. The van der Waals surface area contributed by atoms with Crippen LogP contribution in [0.3, 0.4) is 0 Å². The number of hydrogen-bond acceptors (Lipinski definition) is 11. The first-order valence-corrected chi connectivity index (χ1v) is 16.0. The quantitative estimate of drug-likeness (QED) is 0.280. The van der Waals surface area contributed by atoms with E-state index in [-0.39, 0.29) is 12.1 Å². The highest BCUT2D eigenvalue weighted by molar-refractivity contribution is 5.92. The molecular weight excluding hydrogens is 600 g/mol. The summed E-state index contributed by atoms with van der Waals surface area (Å²) in [7, 11) is 3.68. The Bertz CT molecular complexity index is 2030. The average Bonchev–Trinajstić information content (AvgIpc) is 3.88. The van der Waals surface area contributed by atoms with Crippen LogP contribution in [0.2, 0.25) is 0 Å². The zero-order chi connectivity index (χ0) is 32.6. The van der Waals surface area contributed by atoms with Gasteiger partial charge in [-0.25, -0.2) is 14.6 Å². The first-order chi connectivity index (χ1) is 22.6. The number of carboxylic acids is 1. The van der Waals surface area contributed by atoms with Crippen molar-refractivity contribution in [2.45, 2.75) is 44.9 Å². The Morgan fingerprint density at radius 3 is 2.60 bits per heavy atom. The van der Waals surface area contributed by atoms with Gasteiger partial charge in [-0.15, -0.1) is 0 Å². The van der Waals surface area contributed by atoms with E-state index >= 15 is 0 Å². The second-order valence-corrected chi connectivity index (χ2v) is 13.1. The molecule has 1 N–H and O–H groups in total. The summed E-state index contributed by atoms with van der Waals surface area (Å²) in [5.74, 6) is 2.22. The molecule has 0 unspecified atom stereocenters. The third-order valence-electron chi connectivity index (χ3n) is 10.1. The van der Waals surface area contributed by atoms with Gasteiger partial charge in [-0.3, -0.25) is 19.7 Å². The highest BCUT2D eigenvalue weighted by Gasteiger charge is 2.41. The number of aliphatic carboxylic acids is 1. The molecule has 3 saturated heterocycles. The van der Waals surface area contributed by atoms with Gasteiger partial charge in [-0.1, -0.05) is 0 Å². The van der Waals surface area contributed by atoms with Crippen molar-refractivity contribution < 1.29 is 19.4 Å². The average molecular weight is 639 g/mol. The van der Waals surface area contributed by atoms with E-state index < -0.39 is 11.5 Å². The summed E-state index contributed by atoms with van der Waals surface area (Å²) in [6.45, 7) is 9.54. The zero-order valence-electron chi connectivity index (χ0n) is 27.2. The molecule has 3 fully saturated rings. The molecule has 2 bridgehead atoms. The smallest absolute Gasteiger partial charge is 0.323 e. The minimum absolute atomic E-state index is 0.186. The SMILES string of the molecule is COc1ccncc1-c1cc2c(cnn2-c2cc3c(nc(N4CCN(C(C)(C)C(=O)O)CC4)n3C)c(N3C[C@H]4C[C@@H]3CO4)n2)c(C)n1. The Morgan fingerprint density at radius 2 is 1.89 bits per heavy atom. The fraction of sp³-hybridized carbons (Fsp3) is 0.455. The van der Waals surface area contributed by atoms with Gasteiger partial charge in [0.05, 0.1) is 54.4 Å². The van der Waals surface area contributed by atoms with Crippen LogP contribution in [-0.2, 0) is 16.6 Å². The number of imidazole rings is 1. The minimum Gasteiger partial charge on any atom is -0.496 e. The maximum Gasteiger partial charge on any atom is 0.323 e. The van der Waals surface area contributed by atoms with Crippen LogP contribution in [0, 0.1) is 6.92 Å². The maximum absolute atomic E-state index is 11.9. The highest BCUT2D eigenvalue weighted by Crippen LogP contribution is 2.38. The molecule has 0 spiro atoms. The number of aromatic nitrogens is 7. The number of nitrogens with zero attached hydrogens (tertiary/aromatic N) is 10. The summed E-state index contributed by atoms with van der Waals surface area (Å²) in [6.07, 6.45) is 6.46. The van der Waals surface area contributed by atoms with Gasteiger partial charge in [0.15, 0.2) is 11.6 Å². The molecule has 8 rings (SSSR count). The number of piperazine rings is 1. The Labute approximate surface area is 271 Å². The zero-order valence-corrected chi connectivity index (χ0v) is 27.2. The van der Waals surface area contributed by atoms with Crippen LogP contribution in [0.15, 0.2) is 36.8 Å². The number of anilines is 2. The number of rotatable bonds is 7. The Hall–Kier alpha value is -4.82. The van der Waals surface area contributed by atoms with Crippen LogP contribution in [-0.4, -0.2) is 114 Å². The van der Waals surface area contributed by atoms with E-state index in [4.69, 9.17) is 29.5 Å². The molecule has 3 aliphatic heterocycles. The standard InChI is InChI=1S/C33H38N10O4/c1-19-22-16-35-43(25(22)13-24(36-19)23-15-34-7-6-27(23)46-5)28-14-26-29(30(37-28)42-17-21-12-20(42)18-47-21)38-32(39(26)4)40-8-10-41(11-9-40)33(2,3)31(44)45/h6-7,13-16,20-21H,8-12,17-18H2,1-5H3,(H,44,45)/t20-,21-/m1/s1. The molecule has 0 aliphatic carbocycles. The summed E-state index contributed by atoms with van der Waals surface area (Å²) in [5, 5.41) is 15.5. The van der Waals surface area contributed by atoms with Crippen molar-refractivity contribution in [2.24, 2.45) is 7.05 Å². The van der Waals surface area contributed by atoms with E-state index in [2.05, 4.69) is 25.4 Å². The number of carboxylic acid groups (broad SMARTS) is 1. The van der Waals surface area contributed by atoms with Crippen molar-refractivity contribution >= 4 is 39.7 Å². The number of carbonyl (C=O) groups is 1. The van der Waals surface area contributed by atoms with Crippen LogP contribution >= 0.6 is 0 Å². The van der Waals surface area contributed by atoms with Crippen LogP contribution < -0.4 is 14.5 Å². The summed E-state index contributed by atoms with van der Waals surface area (Å²) < 4.78 is 15.6. The predicted octanol–water partition coefficient (Wildman–Crippen LogP) is 3.04. The molecule has 3 aliphatic rings. The van der Waals surface area contributed by atoms with Crippen LogP contribution in [0.1, 0.15) is 26.0 Å². The van der Waals surface area contributed by atoms with Crippen molar-refractivity contribution in [1.82, 2.24) is 39.2 Å². The van der Waals surface area contributed by atoms with Crippen LogP contribution in [0.4, 0.5) is 11.8 Å². The third kappa shape index (κ3) is 4.68. The van der Waals surface area contributed by atoms with Gasteiger partial charge >= 0.3 is 5.97 Å². The lowest BCUT2D eigenvalue weighted by Crippen LogP contribution is -2.58. The maximum atomic E-state index is 11.9. The van der Waals surface area contributed by atoms with Crippen molar-refractivity contribution in [3.05, 3.63) is 42.5 Å². The lowest BCUT2D eigenvalue weighted by Gasteiger charge is -2.41. The fourth-order valence-electron chi connectivity index (χ4n) is 7.25. The Morgan fingerprint density at radius 1 is 1.09 bits per heavy atom. The second-order valence-electron chi connectivity index (χ2n) is 13.1. The molecule has 244 valence electrons. The first kappa shape index (κ1) is 29.6. The lowest BCUT2D eigenvalue weighted by molar-refractivity contribution is -0.149.